The van der Waals surface area contributed by atoms with Gasteiger partial charge in [0.25, 0.3) is 5.91 Å². The number of aromatic nitrogens is 1. The van der Waals surface area contributed by atoms with Crippen molar-refractivity contribution in [1.82, 2.24) is 9.88 Å². The number of fused-ring (bicyclic) bond motifs is 1. The summed E-state index contributed by atoms with van der Waals surface area (Å²) in [6.07, 6.45) is 1.65. The van der Waals surface area contributed by atoms with Crippen LogP contribution in [0.15, 0.2) is 60.8 Å². The average Bonchev–Trinajstić information content (AvgIpc) is 3.27. The zero-order valence-corrected chi connectivity index (χ0v) is 21.0. The van der Waals surface area contributed by atoms with Crippen LogP contribution in [0.2, 0.25) is 5.02 Å². The predicted octanol–water partition coefficient (Wildman–Crippen LogP) is 6.74. The van der Waals surface area contributed by atoms with E-state index >= 15 is 0 Å². The Morgan fingerprint density at radius 1 is 1.09 bits per heavy atom. The normalized spacial score (nSPS) is 11.1. The Hall–Kier alpha value is -3.20. The number of halogens is 2. The fraction of sp³-hybridized carbons (Fsp3) is 0.231. The molecule has 1 N–H and O–H groups in total. The number of pyridine rings is 1. The number of nitrogens with one attached hydrogen (secondary N) is 1. The predicted molar refractivity (Wildman–Crippen MR) is 138 cm³/mol. The Balaban J connectivity index is 1.43. The largest absolute Gasteiger partial charge is 0.482 e. The highest BCUT2D eigenvalue weighted by Crippen LogP contribution is 2.36. The Bertz CT molecular complexity index is 1330. The molecule has 0 radical (unpaired) electrons. The third-order valence-corrected chi connectivity index (χ3v) is 6.77. The van der Waals surface area contributed by atoms with E-state index in [4.69, 9.17) is 21.1 Å². The maximum absolute atomic E-state index is 14.8. The van der Waals surface area contributed by atoms with Crippen molar-refractivity contribution in [2.75, 3.05) is 25.0 Å². The van der Waals surface area contributed by atoms with E-state index in [0.29, 0.717) is 22.2 Å². The summed E-state index contributed by atoms with van der Waals surface area (Å²) in [6, 6.07) is 14.9. The fourth-order valence-electron chi connectivity index (χ4n) is 3.47. The molecule has 0 saturated carbocycles. The van der Waals surface area contributed by atoms with Gasteiger partial charge in [-0.2, -0.15) is 0 Å². The molecule has 2 aromatic heterocycles. The van der Waals surface area contributed by atoms with Crippen LogP contribution in [0.1, 0.15) is 18.7 Å². The van der Waals surface area contributed by atoms with Crippen molar-refractivity contribution in [2.45, 2.75) is 20.4 Å². The highest BCUT2D eigenvalue weighted by Gasteiger charge is 2.14. The van der Waals surface area contributed by atoms with Crippen molar-refractivity contribution < 1.29 is 18.7 Å². The van der Waals surface area contributed by atoms with E-state index in [2.05, 4.69) is 29.0 Å². The monoisotopic (exact) mass is 513 g/mol. The van der Waals surface area contributed by atoms with E-state index in [1.165, 1.54) is 17.0 Å². The zero-order chi connectivity index (χ0) is 24.8. The van der Waals surface area contributed by atoms with Crippen LogP contribution >= 0.6 is 22.9 Å². The first-order valence-electron chi connectivity index (χ1n) is 11.2. The van der Waals surface area contributed by atoms with Crippen molar-refractivity contribution in [2.24, 2.45) is 0 Å². The summed E-state index contributed by atoms with van der Waals surface area (Å²) in [5.74, 6) is -0.0410. The lowest BCUT2D eigenvalue weighted by Crippen LogP contribution is -2.21. The molecule has 2 aromatic carbocycles. The van der Waals surface area contributed by atoms with Gasteiger partial charge in [-0.05, 0) is 43.4 Å². The van der Waals surface area contributed by atoms with Gasteiger partial charge in [-0.3, -0.25) is 14.7 Å². The number of carbonyl (C=O) groups excluding carboxylic acids is 1. The minimum absolute atomic E-state index is 0.0570. The van der Waals surface area contributed by atoms with Crippen LogP contribution in [-0.4, -0.2) is 35.5 Å². The molecular formula is C26H25ClFN3O3S. The van der Waals surface area contributed by atoms with Crippen molar-refractivity contribution in [3.63, 3.8) is 0 Å². The summed E-state index contributed by atoms with van der Waals surface area (Å²) in [7, 11) is 0. The van der Waals surface area contributed by atoms with Crippen molar-refractivity contribution >= 4 is 44.7 Å². The third-order valence-electron chi connectivity index (χ3n) is 5.33. The average molecular weight is 514 g/mol. The molecule has 35 heavy (non-hydrogen) atoms. The molecule has 4 aromatic rings. The Morgan fingerprint density at radius 2 is 1.89 bits per heavy atom. The van der Waals surface area contributed by atoms with Gasteiger partial charge in [-0.1, -0.05) is 37.6 Å². The SMILES string of the molecule is CCN(CC)Cc1cc2nccc(Oc3ccc(NC(=O)COc4ccccc4Cl)cc3F)c2s1. The smallest absolute Gasteiger partial charge is 0.262 e. The summed E-state index contributed by atoms with van der Waals surface area (Å²) >= 11 is 7.61. The summed E-state index contributed by atoms with van der Waals surface area (Å²) < 4.78 is 27.0. The van der Waals surface area contributed by atoms with Gasteiger partial charge >= 0.3 is 0 Å². The molecule has 0 fully saturated rings. The van der Waals surface area contributed by atoms with Crippen LogP contribution in [-0.2, 0) is 11.3 Å². The number of hydrogen-bond donors (Lipinski definition) is 1. The summed E-state index contributed by atoms with van der Waals surface area (Å²) in [6.45, 7) is 6.75. The summed E-state index contributed by atoms with van der Waals surface area (Å²) in [5.41, 5.74) is 1.11. The minimum atomic E-state index is -0.597. The Morgan fingerprint density at radius 3 is 2.63 bits per heavy atom. The first-order valence-corrected chi connectivity index (χ1v) is 12.4. The number of thiophene rings is 1. The van der Waals surface area contributed by atoms with Crippen LogP contribution in [0.5, 0.6) is 17.2 Å². The van der Waals surface area contributed by atoms with Crippen LogP contribution in [0.4, 0.5) is 10.1 Å². The van der Waals surface area contributed by atoms with Gasteiger partial charge in [0.2, 0.25) is 0 Å². The van der Waals surface area contributed by atoms with E-state index in [0.717, 1.165) is 29.9 Å². The minimum Gasteiger partial charge on any atom is -0.482 e. The Labute approximate surface area is 212 Å². The molecule has 2 heterocycles. The fourth-order valence-corrected chi connectivity index (χ4v) is 4.77. The molecule has 0 saturated heterocycles. The second kappa shape index (κ2) is 11.5. The molecular weight excluding hydrogens is 489 g/mol. The number of nitrogens with zero attached hydrogens (tertiary/aromatic N) is 2. The maximum Gasteiger partial charge on any atom is 0.262 e. The van der Waals surface area contributed by atoms with Gasteiger partial charge < -0.3 is 14.8 Å². The van der Waals surface area contributed by atoms with E-state index in [9.17, 15) is 9.18 Å². The second-order valence-electron chi connectivity index (χ2n) is 7.71. The number of amides is 1. The highest BCUT2D eigenvalue weighted by atomic mass is 35.5. The maximum atomic E-state index is 14.8. The number of anilines is 1. The van der Waals surface area contributed by atoms with Gasteiger partial charge in [-0.15, -0.1) is 11.3 Å². The standard InChI is InChI=1S/C26H25ClFN3O3S/c1-3-31(4-2)15-18-14-21-26(35-18)24(11-12-29-21)34-23-10-9-17(13-20(23)28)30-25(32)16-33-22-8-6-5-7-19(22)27/h5-14H,3-4,15-16H2,1-2H3,(H,30,32). The molecule has 0 aliphatic carbocycles. The molecule has 0 atom stereocenters. The number of carbonyl (C=O) groups is 1. The van der Waals surface area contributed by atoms with E-state index in [-0.39, 0.29) is 12.4 Å². The number of para-hydroxylation sites is 1. The first-order chi connectivity index (χ1) is 17.0. The molecule has 1 amide bonds. The lowest BCUT2D eigenvalue weighted by Gasteiger charge is -2.16. The first kappa shape index (κ1) is 24.9. The second-order valence-corrected chi connectivity index (χ2v) is 9.26. The molecule has 9 heteroatoms. The zero-order valence-electron chi connectivity index (χ0n) is 19.4. The number of ether oxygens (including phenoxy) is 2. The van der Waals surface area contributed by atoms with E-state index in [1.807, 2.05) is 6.07 Å². The topological polar surface area (TPSA) is 63.7 Å². The van der Waals surface area contributed by atoms with Crippen LogP contribution < -0.4 is 14.8 Å². The van der Waals surface area contributed by atoms with Gasteiger partial charge in [0.1, 0.15) is 11.5 Å². The summed E-state index contributed by atoms with van der Waals surface area (Å²) in [4.78, 5) is 20.1. The molecule has 0 bridgehead atoms. The molecule has 182 valence electrons. The van der Waals surface area contributed by atoms with Crippen LogP contribution in [0.3, 0.4) is 0 Å². The number of benzene rings is 2. The number of hydrogen-bond acceptors (Lipinski definition) is 6. The molecule has 0 spiro atoms. The molecule has 0 aliphatic rings. The van der Waals surface area contributed by atoms with Gasteiger partial charge in [0, 0.05) is 35.4 Å². The molecule has 0 unspecified atom stereocenters. The lowest BCUT2D eigenvalue weighted by molar-refractivity contribution is -0.118. The molecule has 6 nitrogen and oxygen atoms in total. The van der Waals surface area contributed by atoms with Gasteiger partial charge in [-0.25, -0.2) is 4.39 Å². The summed E-state index contributed by atoms with van der Waals surface area (Å²) in [5, 5.41) is 3.02. The van der Waals surface area contributed by atoms with Crippen molar-refractivity contribution in [3.05, 3.63) is 76.5 Å². The molecule has 4 rings (SSSR count). The van der Waals surface area contributed by atoms with Crippen molar-refractivity contribution in [3.8, 4) is 17.2 Å². The van der Waals surface area contributed by atoms with Gasteiger partial charge in [0.15, 0.2) is 18.2 Å². The van der Waals surface area contributed by atoms with Crippen molar-refractivity contribution in [1.29, 1.82) is 0 Å². The quantitative estimate of drug-likeness (QED) is 0.254. The highest BCUT2D eigenvalue weighted by molar-refractivity contribution is 7.19. The lowest BCUT2D eigenvalue weighted by atomic mass is 10.2. The molecule has 0 aliphatic heterocycles. The van der Waals surface area contributed by atoms with Gasteiger partial charge in [0.05, 0.1) is 15.2 Å². The van der Waals surface area contributed by atoms with E-state index in [1.54, 1.807) is 53.9 Å². The van der Waals surface area contributed by atoms with E-state index < -0.39 is 11.7 Å². The third kappa shape index (κ3) is 6.28. The Kier molecular flexibility index (Phi) is 8.17. The van der Waals surface area contributed by atoms with Crippen LogP contribution in [0, 0.1) is 5.82 Å². The van der Waals surface area contributed by atoms with Crippen LogP contribution in [0.25, 0.3) is 10.2 Å². The number of rotatable bonds is 10.